The molecule has 0 bridgehead atoms. The lowest BCUT2D eigenvalue weighted by atomic mass is 10.1. The van der Waals surface area contributed by atoms with E-state index in [-0.39, 0.29) is 5.91 Å². The third-order valence-corrected chi connectivity index (χ3v) is 5.58. The molecule has 0 fully saturated rings. The topological polar surface area (TPSA) is 32.7 Å². The standard InChI is InChI=1S/C18H16N2OS/c1-13-12-22-18(19-13)15-9-5-6-10-16(15)20(17(18)21)11-14-7-3-2-4-8-14/h2-10H,11-12H2,1H3. The van der Waals surface area contributed by atoms with Gasteiger partial charge in [0.05, 0.1) is 12.2 Å². The number of nitrogens with zero attached hydrogens (tertiary/aromatic N) is 2. The summed E-state index contributed by atoms with van der Waals surface area (Å²) in [6.07, 6.45) is 0. The molecule has 3 nitrogen and oxygen atoms in total. The molecule has 2 heterocycles. The molecular weight excluding hydrogens is 292 g/mol. The zero-order chi connectivity index (χ0) is 15.2. The molecule has 4 heteroatoms. The van der Waals surface area contributed by atoms with Crippen LogP contribution >= 0.6 is 11.8 Å². The van der Waals surface area contributed by atoms with Crippen LogP contribution in [0.2, 0.25) is 0 Å². The van der Waals surface area contributed by atoms with E-state index in [2.05, 4.69) is 12.1 Å². The highest BCUT2D eigenvalue weighted by Gasteiger charge is 2.53. The lowest BCUT2D eigenvalue weighted by Gasteiger charge is -2.20. The Hall–Kier alpha value is -2.07. The van der Waals surface area contributed by atoms with E-state index >= 15 is 0 Å². The van der Waals surface area contributed by atoms with Crippen LogP contribution in [0.1, 0.15) is 18.1 Å². The van der Waals surface area contributed by atoms with Crippen LogP contribution < -0.4 is 4.90 Å². The van der Waals surface area contributed by atoms with E-state index in [9.17, 15) is 4.79 Å². The first-order valence-electron chi connectivity index (χ1n) is 7.35. The second kappa shape index (κ2) is 4.99. The lowest BCUT2D eigenvalue weighted by Crippen LogP contribution is -2.35. The molecule has 1 unspecified atom stereocenters. The number of carbonyl (C=O) groups is 1. The Balaban J connectivity index is 1.80. The van der Waals surface area contributed by atoms with Gasteiger partial charge in [-0.2, -0.15) is 0 Å². The van der Waals surface area contributed by atoms with Gasteiger partial charge in [-0.05, 0) is 18.6 Å². The summed E-state index contributed by atoms with van der Waals surface area (Å²) in [4.78, 5) is 19.0. The maximum absolute atomic E-state index is 13.1. The average molecular weight is 308 g/mol. The van der Waals surface area contributed by atoms with Gasteiger partial charge in [0.15, 0.2) is 0 Å². The van der Waals surface area contributed by atoms with Crippen LogP contribution in [0.25, 0.3) is 0 Å². The largest absolute Gasteiger partial charge is 0.304 e. The van der Waals surface area contributed by atoms with Crippen molar-refractivity contribution < 1.29 is 4.79 Å². The van der Waals surface area contributed by atoms with E-state index in [0.717, 1.165) is 28.3 Å². The second-order valence-corrected chi connectivity index (χ2v) is 6.84. The molecule has 22 heavy (non-hydrogen) atoms. The monoisotopic (exact) mass is 308 g/mol. The van der Waals surface area contributed by atoms with Gasteiger partial charge in [0.25, 0.3) is 5.91 Å². The van der Waals surface area contributed by atoms with Crippen molar-refractivity contribution in [2.45, 2.75) is 18.3 Å². The van der Waals surface area contributed by atoms with Gasteiger partial charge in [-0.25, -0.2) is 0 Å². The molecule has 0 aliphatic carbocycles. The van der Waals surface area contributed by atoms with Gasteiger partial charge in [0.2, 0.25) is 4.87 Å². The first-order valence-corrected chi connectivity index (χ1v) is 8.34. The Labute approximate surface area is 134 Å². The van der Waals surface area contributed by atoms with Gasteiger partial charge in [0.1, 0.15) is 0 Å². The predicted octanol–water partition coefficient (Wildman–Crippen LogP) is 3.59. The fraction of sp³-hybridized carbons (Fsp3) is 0.222. The number of hydrogen-bond acceptors (Lipinski definition) is 3. The number of carbonyl (C=O) groups excluding carboxylic acids is 1. The molecule has 0 N–H and O–H groups in total. The number of amides is 1. The number of hydrogen-bond donors (Lipinski definition) is 0. The molecule has 0 aromatic heterocycles. The summed E-state index contributed by atoms with van der Waals surface area (Å²) in [5, 5.41) is 0. The summed E-state index contributed by atoms with van der Waals surface area (Å²) in [5.41, 5.74) is 4.18. The van der Waals surface area contributed by atoms with Crippen LogP contribution in [-0.2, 0) is 16.2 Å². The van der Waals surface area contributed by atoms with Crippen LogP contribution in [0.5, 0.6) is 0 Å². The van der Waals surface area contributed by atoms with Crippen molar-refractivity contribution in [1.82, 2.24) is 0 Å². The van der Waals surface area contributed by atoms with E-state index in [1.807, 2.05) is 54.3 Å². The van der Waals surface area contributed by atoms with E-state index in [1.165, 1.54) is 0 Å². The second-order valence-electron chi connectivity index (χ2n) is 5.67. The molecule has 2 aromatic rings. The molecule has 110 valence electrons. The smallest absolute Gasteiger partial charge is 0.270 e. The van der Waals surface area contributed by atoms with Crippen molar-refractivity contribution in [2.75, 3.05) is 10.7 Å². The Kier molecular flexibility index (Phi) is 3.08. The van der Waals surface area contributed by atoms with E-state index in [4.69, 9.17) is 4.99 Å². The van der Waals surface area contributed by atoms with Gasteiger partial charge < -0.3 is 4.90 Å². The van der Waals surface area contributed by atoms with Gasteiger partial charge in [0, 0.05) is 17.0 Å². The SMILES string of the molecule is CC1=NC2(SC1)C(=O)N(Cc1ccccc1)c1ccccc12. The van der Waals surface area contributed by atoms with Crippen molar-refractivity contribution >= 4 is 29.1 Å². The van der Waals surface area contributed by atoms with E-state index < -0.39 is 4.87 Å². The zero-order valence-corrected chi connectivity index (χ0v) is 13.1. The molecule has 1 amide bonds. The molecule has 2 aromatic carbocycles. The molecular formula is C18H16N2OS. The first kappa shape index (κ1) is 13.6. The minimum atomic E-state index is -0.755. The maximum Gasteiger partial charge on any atom is 0.270 e. The summed E-state index contributed by atoms with van der Waals surface area (Å²) >= 11 is 1.63. The predicted molar refractivity (Wildman–Crippen MR) is 91.3 cm³/mol. The highest BCUT2D eigenvalue weighted by atomic mass is 32.2. The number of rotatable bonds is 2. The summed E-state index contributed by atoms with van der Waals surface area (Å²) < 4.78 is 0. The molecule has 2 aliphatic rings. The molecule has 1 spiro atoms. The Morgan fingerprint density at radius 1 is 1.14 bits per heavy atom. The Morgan fingerprint density at radius 3 is 2.59 bits per heavy atom. The summed E-state index contributed by atoms with van der Waals surface area (Å²) in [7, 11) is 0. The van der Waals surface area contributed by atoms with Crippen molar-refractivity contribution in [3.05, 3.63) is 65.7 Å². The minimum absolute atomic E-state index is 0.0828. The molecule has 0 saturated carbocycles. The number of benzene rings is 2. The average Bonchev–Trinajstić information content (AvgIpc) is 3.04. The molecule has 0 radical (unpaired) electrons. The minimum Gasteiger partial charge on any atom is -0.304 e. The Bertz CT molecular complexity index is 772. The van der Waals surface area contributed by atoms with Crippen LogP contribution in [-0.4, -0.2) is 17.4 Å². The highest BCUT2D eigenvalue weighted by Crippen LogP contribution is 2.52. The van der Waals surface area contributed by atoms with Gasteiger partial charge in [-0.3, -0.25) is 9.79 Å². The fourth-order valence-electron chi connectivity index (χ4n) is 3.12. The van der Waals surface area contributed by atoms with Crippen LogP contribution in [0.4, 0.5) is 5.69 Å². The summed E-state index contributed by atoms with van der Waals surface area (Å²) in [5.74, 6) is 0.901. The molecule has 2 aliphatic heterocycles. The third-order valence-electron chi connectivity index (χ3n) is 4.12. The van der Waals surface area contributed by atoms with Crippen molar-refractivity contribution in [2.24, 2.45) is 4.99 Å². The van der Waals surface area contributed by atoms with Crippen LogP contribution in [0.3, 0.4) is 0 Å². The summed E-state index contributed by atoms with van der Waals surface area (Å²) in [6, 6.07) is 18.1. The van der Waals surface area contributed by atoms with Gasteiger partial charge in [-0.15, -0.1) is 11.8 Å². The third kappa shape index (κ3) is 1.91. The highest BCUT2D eigenvalue weighted by molar-refractivity contribution is 8.02. The number of fused-ring (bicyclic) bond motifs is 2. The number of anilines is 1. The lowest BCUT2D eigenvalue weighted by molar-refractivity contribution is -0.120. The fourth-order valence-corrected chi connectivity index (χ4v) is 4.38. The van der Waals surface area contributed by atoms with Gasteiger partial charge in [-0.1, -0.05) is 48.5 Å². The zero-order valence-electron chi connectivity index (χ0n) is 12.3. The number of thioether (sulfide) groups is 1. The maximum atomic E-state index is 13.1. The van der Waals surface area contributed by atoms with Crippen molar-refractivity contribution in [3.8, 4) is 0 Å². The number of para-hydroxylation sites is 1. The van der Waals surface area contributed by atoms with Crippen LogP contribution in [0, 0.1) is 0 Å². The quantitative estimate of drug-likeness (QED) is 0.849. The van der Waals surface area contributed by atoms with Crippen molar-refractivity contribution in [3.63, 3.8) is 0 Å². The van der Waals surface area contributed by atoms with Gasteiger partial charge >= 0.3 is 0 Å². The molecule has 1 atom stereocenters. The van der Waals surface area contributed by atoms with E-state index in [0.29, 0.717) is 6.54 Å². The van der Waals surface area contributed by atoms with Crippen molar-refractivity contribution in [1.29, 1.82) is 0 Å². The van der Waals surface area contributed by atoms with E-state index in [1.54, 1.807) is 11.8 Å². The normalized spacial score (nSPS) is 23.0. The molecule has 4 rings (SSSR count). The number of aliphatic imine (C=N–C) groups is 1. The summed E-state index contributed by atoms with van der Waals surface area (Å²) in [6.45, 7) is 2.59. The van der Waals surface area contributed by atoms with Crippen LogP contribution in [0.15, 0.2) is 59.6 Å². The first-order chi connectivity index (χ1) is 10.7. The Morgan fingerprint density at radius 2 is 1.86 bits per heavy atom. The molecule has 0 saturated heterocycles.